The maximum Gasteiger partial charge on any atom is 0.306 e. The molecule has 0 spiro atoms. The summed E-state index contributed by atoms with van der Waals surface area (Å²) in [6.45, 7) is 6.49. The van der Waals surface area contributed by atoms with E-state index in [0.717, 1.165) is 103 Å². The average molecular weight is 990 g/mol. The van der Waals surface area contributed by atoms with Crippen molar-refractivity contribution in [3.63, 3.8) is 0 Å². The fourth-order valence-electron chi connectivity index (χ4n) is 8.34. The first-order valence-corrected chi connectivity index (χ1v) is 30.1. The molecule has 6 nitrogen and oxygen atoms in total. The first-order chi connectivity index (χ1) is 35.0. The third kappa shape index (κ3) is 57.4. The van der Waals surface area contributed by atoms with Gasteiger partial charge < -0.3 is 14.2 Å². The van der Waals surface area contributed by atoms with Gasteiger partial charge in [-0.05, 0) is 116 Å². The van der Waals surface area contributed by atoms with E-state index in [0.29, 0.717) is 12.8 Å². The highest BCUT2D eigenvalue weighted by molar-refractivity contribution is 5.71. The van der Waals surface area contributed by atoms with Gasteiger partial charge in [0, 0.05) is 19.3 Å². The lowest BCUT2D eigenvalue weighted by molar-refractivity contribution is -0.167. The van der Waals surface area contributed by atoms with Crippen LogP contribution >= 0.6 is 0 Å². The maximum atomic E-state index is 12.9. The van der Waals surface area contributed by atoms with Gasteiger partial charge in [0.25, 0.3) is 0 Å². The van der Waals surface area contributed by atoms with Crippen LogP contribution in [-0.2, 0) is 28.6 Å². The van der Waals surface area contributed by atoms with Crippen molar-refractivity contribution in [2.75, 3.05) is 13.2 Å². The van der Waals surface area contributed by atoms with Gasteiger partial charge in [-0.15, -0.1) is 0 Å². The summed E-state index contributed by atoms with van der Waals surface area (Å²) >= 11 is 0. The van der Waals surface area contributed by atoms with Gasteiger partial charge in [0.05, 0.1) is 0 Å². The van der Waals surface area contributed by atoms with Gasteiger partial charge in [0.1, 0.15) is 13.2 Å². The smallest absolute Gasteiger partial charge is 0.306 e. The molecule has 0 heterocycles. The molecule has 0 aliphatic rings. The highest BCUT2D eigenvalue weighted by atomic mass is 16.6. The van der Waals surface area contributed by atoms with Gasteiger partial charge in [0.15, 0.2) is 6.10 Å². The second-order valence-electron chi connectivity index (χ2n) is 19.9. The van der Waals surface area contributed by atoms with E-state index < -0.39 is 6.10 Å². The van der Waals surface area contributed by atoms with E-state index in [1.54, 1.807) is 0 Å². The van der Waals surface area contributed by atoms with E-state index in [4.69, 9.17) is 14.2 Å². The summed E-state index contributed by atoms with van der Waals surface area (Å²) in [6.07, 6.45) is 77.2. The topological polar surface area (TPSA) is 78.9 Å². The Hall–Kier alpha value is -3.41. The van der Waals surface area contributed by atoms with Crippen LogP contribution in [-0.4, -0.2) is 37.2 Å². The molecule has 0 aromatic rings. The Labute approximate surface area is 439 Å². The van der Waals surface area contributed by atoms with Gasteiger partial charge >= 0.3 is 17.9 Å². The first-order valence-electron chi connectivity index (χ1n) is 30.1. The standard InChI is InChI=1S/C65H112O6/c1-4-7-10-13-16-19-22-25-27-29-31-32-34-35-37-40-43-46-49-52-55-58-64(67)70-61-62(60-69-63(66)57-54-51-48-45-42-39-24-21-18-15-12-9-6-3)71-65(68)59-56-53-50-47-44-41-38-36-33-30-28-26-23-20-17-14-11-8-5-2/h8,11,17,20-21,24-28,33,36,41,44,62H,4-7,9-10,12-16,18-19,22-23,29-32,34-35,37-40,42-43,45-61H2,1-3H3/b11-8-,20-17-,24-21-,27-25-,28-26-,36-33-,44-41-/t62-/m0/s1. The minimum absolute atomic E-state index is 0.0922. The molecule has 71 heavy (non-hydrogen) atoms. The molecule has 0 aromatic carbocycles. The summed E-state index contributed by atoms with van der Waals surface area (Å²) in [5.74, 6) is -0.927. The Bertz CT molecular complexity index is 1370. The highest BCUT2D eigenvalue weighted by Crippen LogP contribution is 2.15. The molecule has 408 valence electrons. The molecule has 0 saturated heterocycles. The predicted molar refractivity (Wildman–Crippen MR) is 307 cm³/mol. The van der Waals surface area contributed by atoms with Crippen molar-refractivity contribution >= 4 is 17.9 Å². The number of esters is 3. The third-order valence-electron chi connectivity index (χ3n) is 12.9. The number of hydrogen-bond acceptors (Lipinski definition) is 6. The number of unbranched alkanes of at least 4 members (excludes halogenated alkanes) is 29. The van der Waals surface area contributed by atoms with Crippen LogP contribution in [0, 0.1) is 0 Å². The number of ether oxygens (including phenoxy) is 3. The fourth-order valence-corrected chi connectivity index (χ4v) is 8.34. The van der Waals surface area contributed by atoms with Crippen LogP contribution in [0.1, 0.15) is 290 Å². The van der Waals surface area contributed by atoms with E-state index in [1.807, 2.05) is 0 Å². The lowest BCUT2D eigenvalue weighted by Crippen LogP contribution is -2.30. The van der Waals surface area contributed by atoms with Crippen molar-refractivity contribution in [1.82, 2.24) is 0 Å². The Morgan fingerprint density at radius 2 is 0.549 bits per heavy atom. The van der Waals surface area contributed by atoms with Crippen molar-refractivity contribution in [2.45, 2.75) is 297 Å². The largest absolute Gasteiger partial charge is 0.462 e. The summed E-state index contributed by atoms with van der Waals surface area (Å²) in [5.41, 5.74) is 0. The molecule has 0 fully saturated rings. The lowest BCUT2D eigenvalue weighted by atomic mass is 10.0. The second-order valence-corrected chi connectivity index (χ2v) is 19.9. The molecule has 0 N–H and O–H groups in total. The normalized spacial score (nSPS) is 12.7. The van der Waals surface area contributed by atoms with Crippen LogP contribution in [0.2, 0.25) is 0 Å². The lowest BCUT2D eigenvalue weighted by Gasteiger charge is -2.18. The molecule has 0 aliphatic heterocycles. The first kappa shape index (κ1) is 67.6. The van der Waals surface area contributed by atoms with Crippen LogP contribution in [0.4, 0.5) is 0 Å². The van der Waals surface area contributed by atoms with Crippen LogP contribution in [0.25, 0.3) is 0 Å². The van der Waals surface area contributed by atoms with Crippen LogP contribution in [0.5, 0.6) is 0 Å². The molecule has 0 bridgehead atoms. The molecule has 0 unspecified atom stereocenters. The predicted octanol–water partition coefficient (Wildman–Crippen LogP) is 20.3. The van der Waals surface area contributed by atoms with Crippen molar-refractivity contribution in [3.8, 4) is 0 Å². The number of carbonyl (C=O) groups excluding carboxylic acids is 3. The van der Waals surface area contributed by atoms with E-state index in [-0.39, 0.29) is 37.5 Å². The third-order valence-corrected chi connectivity index (χ3v) is 12.9. The zero-order valence-corrected chi connectivity index (χ0v) is 46.7. The van der Waals surface area contributed by atoms with Crippen molar-refractivity contribution in [2.24, 2.45) is 0 Å². The Morgan fingerprint density at radius 1 is 0.296 bits per heavy atom. The Kier molecular flexibility index (Phi) is 56.3. The molecule has 0 aromatic heterocycles. The van der Waals surface area contributed by atoms with E-state index in [1.165, 1.54) is 148 Å². The molecule has 0 radical (unpaired) electrons. The summed E-state index contributed by atoms with van der Waals surface area (Å²) in [5, 5.41) is 0. The zero-order valence-electron chi connectivity index (χ0n) is 46.7. The van der Waals surface area contributed by atoms with Crippen molar-refractivity contribution in [1.29, 1.82) is 0 Å². The van der Waals surface area contributed by atoms with Crippen molar-refractivity contribution < 1.29 is 28.6 Å². The van der Waals surface area contributed by atoms with Crippen LogP contribution in [0.3, 0.4) is 0 Å². The second kappa shape index (κ2) is 59.2. The summed E-state index contributed by atoms with van der Waals surface area (Å²) in [4.78, 5) is 38.2. The van der Waals surface area contributed by atoms with Gasteiger partial charge in [-0.3, -0.25) is 14.4 Å². The summed E-state index contributed by atoms with van der Waals surface area (Å²) in [6, 6.07) is 0. The number of hydrogen-bond donors (Lipinski definition) is 0. The fraction of sp³-hybridized carbons (Fsp3) is 0.738. The van der Waals surface area contributed by atoms with E-state index in [9.17, 15) is 14.4 Å². The minimum Gasteiger partial charge on any atom is -0.462 e. The number of allylic oxidation sites excluding steroid dienone is 14. The molecular weight excluding hydrogens is 877 g/mol. The SMILES string of the molecule is CC/C=C\C/C=C\C/C=C\C/C=C\C/C=C\CCCCCC(=O)O[C@@H](COC(=O)CCCCCCC/C=C\CCCCCC)COC(=O)CCCCCCCCCCCCC/C=C\CCCCCCCC. The van der Waals surface area contributed by atoms with Gasteiger partial charge in [-0.1, -0.05) is 241 Å². The quantitative estimate of drug-likeness (QED) is 0.0261. The zero-order chi connectivity index (χ0) is 51.4. The Morgan fingerprint density at radius 3 is 0.901 bits per heavy atom. The van der Waals surface area contributed by atoms with E-state index >= 15 is 0 Å². The molecular formula is C65H112O6. The molecule has 1 atom stereocenters. The summed E-state index contributed by atoms with van der Waals surface area (Å²) < 4.78 is 16.9. The van der Waals surface area contributed by atoms with Crippen molar-refractivity contribution in [3.05, 3.63) is 85.1 Å². The number of carbonyl (C=O) groups is 3. The minimum atomic E-state index is -0.798. The number of rotatable bonds is 54. The highest BCUT2D eigenvalue weighted by Gasteiger charge is 2.19. The average Bonchev–Trinajstić information content (AvgIpc) is 3.37. The summed E-state index contributed by atoms with van der Waals surface area (Å²) in [7, 11) is 0. The van der Waals surface area contributed by atoms with Crippen LogP contribution < -0.4 is 0 Å². The van der Waals surface area contributed by atoms with Gasteiger partial charge in [0.2, 0.25) is 0 Å². The monoisotopic (exact) mass is 989 g/mol. The molecule has 0 saturated carbocycles. The molecule has 0 aliphatic carbocycles. The maximum absolute atomic E-state index is 12.9. The molecule has 0 rings (SSSR count). The molecule has 0 amide bonds. The van der Waals surface area contributed by atoms with Gasteiger partial charge in [-0.25, -0.2) is 0 Å². The van der Waals surface area contributed by atoms with Gasteiger partial charge in [-0.2, -0.15) is 0 Å². The molecule has 6 heteroatoms. The van der Waals surface area contributed by atoms with E-state index in [2.05, 4.69) is 106 Å². The Balaban J connectivity index is 4.40. The van der Waals surface area contributed by atoms with Crippen LogP contribution in [0.15, 0.2) is 85.1 Å².